The first-order valence-corrected chi connectivity index (χ1v) is 7.35. The lowest BCUT2D eigenvalue weighted by Gasteiger charge is -2.18. The number of likely N-dealkylation sites (N-methyl/N-ethyl adjacent to an activating group) is 1. The lowest BCUT2D eigenvalue weighted by molar-refractivity contribution is -0.134. The van der Waals surface area contributed by atoms with E-state index in [4.69, 9.17) is 5.73 Å². The van der Waals surface area contributed by atoms with E-state index in [-0.39, 0.29) is 24.4 Å². The maximum Gasteiger partial charge on any atom is 0.239 e. The fraction of sp³-hybridized carbons (Fsp3) is 0.500. The molecule has 1 rings (SSSR count). The normalized spacial score (nSPS) is 11.8. The number of benzene rings is 1. The van der Waals surface area contributed by atoms with Crippen LogP contribution in [0.3, 0.4) is 0 Å². The quantitative estimate of drug-likeness (QED) is 0.761. The van der Waals surface area contributed by atoms with E-state index >= 15 is 0 Å². The second kappa shape index (κ2) is 9.13. The smallest absolute Gasteiger partial charge is 0.239 e. The van der Waals surface area contributed by atoms with E-state index in [9.17, 15) is 9.59 Å². The topological polar surface area (TPSA) is 75.4 Å². The SMILES string of the molecule is CCCNC(=O)CN(C)C(=O)CCC(N)c1ccccc1. The lowest BCUT2D eigenvalue weighted by Crippen LogP contribution is -2.38. The number of hydrogen-bond donors (Lipinski definition) is 2. The highest BCUT2D eigenvalue weighted by atomic mass is 16.2. The highest BCUT2D eigenvalue weighted by Crippen LogP contribution is 2.15. The van der Waals surface area contributed by atoms with Gasteiger partial charge in [-0.25, -0.2) is 0 Å². The number of rotatable bonds is 8. The summed E-state index contributed by atoms with van der Waals surface area (Å²) in [5.74, 6) is -0.187. The predicted molar refractivity (Wildman–Crippen MR) is 83.5 cm³/mol. The van der Waals surface area contributed by atoms with Crippen molar-refractivity contribution in [1.29, 1.82) is 0 Å². The average Bonchev–Trinajstić information content (AvgIpc) is 2.50. The summed E-state index contributed by atoms with van der Waals surface area (Å²) in [6, 6.07) is 9.55. The van der Waals surface area contributed by atoms with Crippen LogP contribution >= 0.6 is 0 Å². The Hall–Kier alpha value is -1.88. The Morgan fingerprint density at radius 3 is 2.57 bits per heavy atom. The standard InChI is InChI=1S/C16H25N3O2/c1-3-11-18-15(20)12-19(2)16(21)10-9-14(17)13-7-5-4-6-8-13/h4-8,14H,3,9-12,17H2,1-2H3,(H,18,20). The van der Waals surface area contributed by atoms with Crippen LogP contribution in [0.2, 0.25) is 0 Å². The molecule has 116 valence electrons. The number of nitrogens with one attached hydrogen (secondary N) is 1. The number of carbonyl (C=O) groups is 2. The Bertz CT molecular complexity index is 448. The van der Waals surface area contributed by atoms with Gasteiger partial charge < -0.3 is 16.0 Å². The van der Waals surface area contributed by atoms with Crippen LogP contribution in [0, 0.1) is 0 Å². The summed E-state index contributed by atoms with van der Waals surface area (Å²) in [7, 11) is 1.64. The van der Waals surface area contributed by atoms with Crippen LogP contribution in [0.5, 0.6) is 0 Å². The van der Waals surface area contributed by atoms with Crippen LogP contribution in [0.4, 0.5) is 0 Å². The molecule has 0 aliphatic rings. The van der Waals surface area contributed by atoms with Crippen LogP contribution < -0.4 is 11.1 Å². The van der Waals surface area contributed by atoms with Gasteiger partial charge in [-0.1, -0.05) is 37.3 Å². The van der Waals surface area contributed by atoms with Gasteiger partial charge in [-0.15, -0.1) is 0 Å². The van der Waals surface area contributed by atoms with Gasteiger partial charge in [-0.05, 0) is 18.4 Å². The molecule has 0 spiro atoms. The highest BCUT2D eigenvalue weighted by Gasteiger charge is 2.14. The second-order valence-corrected chi connectivity index (χ2v) is 5.16. The van der Waals surface area contributed by atoms with Gasteiger partial charge >= 0.3 is 0 Å². The Balaban J connectivity index is 2.34. The van der Waals surface area contributed by atoms with Gasteiger partial charge in [0, 0.05) is 26.1 Å². The predicted octanol–water partition coefficient (Wildman–Crippen LogP) is 1.45. The molecule has 0 heterocycles. The summed E-state index contributed by atoms with van der Waals surface area (Å²) in [4.78, 5) is 25.0. The molecule has 5 nitrogen and oxygen atoms in total. The Kier molecular flexibility index (Phi) is 7.46. The van der Waals surface area contributed by atoms with Gasteiger partial charge in [-0.3, -0.25) is 9.59 Å². The first-order valence-electron chi connectivity index (χ1n) is 7.35. The minimum Gasteiger partial charge on any atom is -0.355 e. The zero-order chi connectivity index (χ0) is 15.7. The Labute approximate surface area is 126 Å². The van der Waals surface area contributed by atoms with Gasteiger partial charge in [0.2, 0.25) is 11.8 Å². The summed E-state index contributed by atoms with van der Waals surface area (Å²) in [6.45, 7) is 2.72. The highest BCUT2D eigenvalue weighted by molar-refractivity contribution is 5.84. The fourth-order valence-corrected chi connectivity index (χ4v) is 1.96. The van der Waals surface area contributed by atoms with E-state index in [0.717, 1.165) is 12.0 Å². The van der Waals surface area contributed by atoms with Gasteiger partial charge in [0.25, 0.3) is 0 Å². The third-order valence-electron chi connectivity index (χ3n) is 3.28. The van der Waals surface area contributed by atoms with E-state index in [1.807, 2.05) is 37.3 Å². The van der Waals surface area contributed by atoms with Gasteiger partial charge in [0.1, 0.15) is 0 Å². The summed E-state index contributed by atoms with van der Waals surface area (Å²) in [5, 5.41) is 2.75. The Morgan fingerprint density at radius 2 is 1.95 bits per heavy atom. The molecular formula is C16H25N3O2. The maximum absolute atomic E-state index is 12.0. The fourth-order valence-electron chi connectivity index (χ4n) is 1.96. The van der Waals surface area contributed by atoms with Crippen LogP contribution in [-0.4, -0.2) is 36.9 Å². The monoisotopic (exact) mass is 291 g/mol. The molecule has 0 saturated heterocycles. The molecule has 21 heavy (non-hydrogen) atoms. The van der Waals surface area contributed by atoms with E-state index in [2.05, 4.69) is 5.32 Å². The minimum atomic E-state index is -0.155. The summed E-state index contributed by atoms with van der Waals surface area (Å²) >= 11 is 0. The molecule has 2 amide bonds. The van der Waals surface area contributed by atoms with E-state index in [0.29, 0.717) is 19.4 Å². The van der Waals surface area contributed by atoms with Crippen molar-refractivity contribution < 1.29 is 9.59 Å². The number of amides is 2. The lowest BCUT2D eigenvalue weighted by atomic mass is 10.0. The molecule has 0 aliphatic heterocycles. The minimum absolute atomic E-state index is 0.0620. The number of hydrogen-bond acceptors (Lipinski definition) is 3. The maximum atomic E-state index is 12.0. The van der Waals surface area contributed by atoms with Crippen molar-refractivity contribution in [2.75, 3.05) is 20.1 Å². The summed E-state index contributed by atoms with van der Waals surface area (Å²) < 4.78 is 0. The second-order valence-electron chi connectivity index (χ2n) is 5.16. The first kappa shape index (κ1) is 17.2. The Morgan fingerprint density at radius 1 is 1.29 bits per heavy atom. The molecule has 0 saturated carbocycles. The number of carbonyl (C=O) groups excluding carboxylic acids is 2. The largest absolute Gasteiger partial charge is 0.355 e. The molecule has 0 fully saturated rings. The third kappa shape index (κ3) is 6.40. The molecule has 0 aliphatic carbocycles. The molecule has 0 aromatic heterocycles. The molecule has 1 aromatic carbocycles. The van der Waals surface area contributed by atoms with Gasteiger partial charge in [0.05, 0.1) is 6.54 Å². The van der Waals surface area contributed by atoms with Crippen molar-refractivity contribution in [2.45, 2.75) is 32.2 Å². The number of nitrogens with zero attached hydrogens (tertiary/aromatic N) is 1. The summed E-state index contributed by atoms with van der Waals surface area (Å²) in [5.41, 5.74) is 7.08. The van der Waals surface area contributed by atoms with Gasteiger partial charge in [0.15, 0.2) is 0 Å². The van der Waals surface area contributed by atoms with E-state index in [1.54, 1.807) is 7.05 Å². The number of nitrogens with two attached hydrogens (primary N) is 1. The zero-order valence-corrected chi connectivity index (χ0v) is 12.8. The molecule has 3 N–H and O–H groups in total. The van der Waals surface area contributed by atoms with Crippen molar-refractivity contribution in [3.8, 4) is 0 Å². The van der Waals surface area contributed by atoms with Crippen molar-refractivity contribution in [3.05, 3.63) is 35.9 Å². The molecule has 1 aromatic rings. The van der Waals surface area contributed by atoms with Crippen molar-refractivity contribution >= 4 is 11.8 Å². The molecular weight excluding hydrogens is 266 g/mol. The summed E-state index contributed by atoms with van der Waals surface area (Å²) in [6.07, 6.45) is 1.80. The zero-order valence-electron chi connectivity index (χ0n) is 12.8. The van der Waals surface area contributed by atoms with Gasteiger partial charge in [-0.2, -0.15) is 0 Å². The molecule has 0 bridgehead atoms. The average molecular weight is 291 g/mol. The molecule has 1 unspecified atom stereocenters. The molecule has 1 atom stereocenters. The van der Waals surface area contributed by atoms with Crippen LogP contribution in [0.25, 0.3) is 0 Å². The van der Waals surface area contributed by atoms with Crippen LogP contribution in [0.15, 0.2) is 30.3 Å². The molecule has 5 heteroatoms. The van der Waals surface area contributed by atoms with Crippen LogP contribution in [0.1, 0.15) is 37.8 Å². The van der Waals surface area contributed by atoms with Crippen molar-refractivity contribution in [1.82, 2.24) is 10.2 Å². The van der Waals surface area contributed by atoms with E-state index in [1.165, 1.54) is 4.90 Å². The molecule has 0 radical (unpaired) electrons. The third-order valence-corrected chi connectivity index (χ3v) is 3.28. The van der Waals surface area contributed by atoms with Crippen LogP contribution in [-0.2, 0) is 9.59 Å². The van der Waals surface area contributed by atoms with Crippen molar-refractivity contribution in [2.24, 2.45) is 5.73 Å². The first-order chi connectivity index (χ1) is 10.0. The van der Waals surface area contributed by atoms with Crippen molar-refractivity contribution in [3.63, 3.8) is 0 Å². The van der Waals surface area contributed by atoms with E-state index < -0.39 is 0 Å².